The second kappa shape index (κ2) is 23.7. The van der Waals surface area contributed by atoms with Crippen LogP contribution in [-0.2, 0) is 56.6 Å². The van der Waals surface area contributed by atoms with E-state index in [2.05, 4.69) is 231 Å². The third-order valence-electron chi connectivity index (χ3n) is 14.2. The molecule has 0 spiro atoms. The molecule has 0 saturated carbocycles. The van der Waals surface area contributed by atoms with Gasteiger partial charge in [-0.15, -0.1) is 35.9 Å². The molecule has 0 atom stereocenters. The van der Waals surface area contributed by atoms with Crippen LogP contribution in [0.25, 0.3) is 89.4 Å². The van der Waals surface area contributed by atoms with E-state index in [-0.39, 0.29) is 30.9 Å². The largest absolute Gasteiger partial charge is 0.338 e. The first-order valence-electron chi connectivity index (χ1n) is 26.8. The Bertz CT molecular complexity index is 3670. The monoisotopic (exact) mass is 1200 g/mol. The van der Waals surface area contributed by atoms with Crippen LogP contribution in [0.3, 0.4) is 0 Å². The number of benzene rings is 6. The molecule has 5 aromatic heterocycles. The summed E-state index contributed by atoms with van der Waals surface area (Å²) in [5.74, 6) is 1.58. The molecule has 7 nitrogen and oxygen atoms in total. The van der Waals surface area contributed by atoms with Crippen molar-refractivity contribution < 1.29 is 20.1 Å². The molecule has 1 radical (unpaired) electrons. The van der Waals surface area contributed by atoms with E-state index in [0.717, 1.165) is 116 Å². The Morgan fingerprint density at radius 2 is 0.848 bits per heavy atom. The molecular weight excluding hydrogens is 1140 g/mol. The number of aromatic nitrogens is 7. The molecule has 0 aliphatic heterocycles. The van der Waals surface area contributed by atoms with Crippen molar-refractivity contribution in [3.63, 3.8) is 0 Å². The molecular formula is C71H61IrN7-2. The molecule has 5 heterocycles. The number of rotatable bonds is 14. The minimum atomic E-state index is -0.150. The van der Waals surface area contributed by atoms with Crippen molar-refractivity contribution in [3.05, 3.63) is 259 Å². The summed E-state index contributed by atoms with van der Waals surface area (Å²) in [4.78, 5) is 33.3. The van der Waals surface area contributed by atoms with E-state index in [4.69, 9.17) is 15.0 Å². The number of pyridine rings is 3. The van der Waals surface area contributed by atoms with Crippen molar-refractivity contribution in [1.29, 1.82) is 0 Å². The van der Waals surface area contributed by atoms with Crippen molar-refractivity contribution in [1.82, 2.24) is 34.9 Å². The Hall–Kier alpha value is -8.42. The minimum absolute atomic E-state index is 0. The minimum Gasteiger partial charge on any atom is -0.338 e. The third kappa shape index (κ3) is 12.8. The van der Waals surface area contributed by atoms with Gasteiger partial charge in [-0.2, -0.15) is 0 Å². The van der Waals surface area contributed by atoms with Gasteiger partial charge in [0.2, 0.25) is 0 Å². The SMILES string of the molecule is CC(C)(C)c1n[c-]c(-c2ccc(CCc3cc(CCc4ccc(-c5cnc(C(C)(C)C)nc5)nc4)cc(-c4ccccc4-c4cnc(-c5[c-]cccc5)cc4-c4ccc(-c5ccc(-c6ccccc6)cc5)cc4)c3)cn2)cn1.[Ir]. The number of aryl methyl sites for hydroxylation is 4. The average Bonchev–Trinajstić information content (AvgIpc) is 3.50. The topological polar surface area (TPSA) is 90.2 Å². The zero-order valence-corrected chi connectivity index (χ0v) is 47.9. The quantitative estimate of drug-likeness (QED) is 0.100. The maximum atomic E-state index is 5.12. The van der Waals surface area contributed by atoms with Crippen LogP contribution < -0.4 is 0 Å². The molecule has 391 valence electrons. The second-order valence-corrected chi connectivity index (χ2v) is 22.1. The molecule has 0 unspecified atom stereocenters. The van der Waals surface area contributed by atoms with Crippen molar-refractivity contribution in [2.75, 3.05) is 0 Å². The van der Waals surface area contributed by atoms with E-state index < -0.39 is 0 Å². The van der Waals surface area contributed by atoms with Gasteiger partial charge in [-0.25, -0.2) is 9.97 Å². The van der Waals surface area contributed by atoms with Crippen LogP contribution in [0.1, 0.15) is 75.4 Å². The Labute approximate surface area is 478 Å². The molecule has 0 N–H and O–H groups in total. The summed E-state index contributed by atoms with van der Waals surface area (Å²) < 4.78 is 0. The van der Waals surface area contributed by atoms with E-state index in [1.807, 2.05) is 55.4 Å². The van der Waals surface area contributed by atoms with Crippen LogP contribution in [0.4, 0.5) is 0 Å². The molecule has 11 aromatic rings. The summed E-state index contributed by atoms with van der Waals surface area (Å²) in [6.45, 7) is 12.7. The van der Waals surface area contributed by atoms with E-state index >= 15 is 0 Å². The molecule has 0 bridgehead atoms. The van der Waals surface area contributed by atoms with Crippen LogP contribution in [0.15, 0.2) is 213 Å². The van der Waals surface area contributed by atoms with Gasteiger partial charge in [0.15, 0.2) is 0 Å². The zero-order chi connectivity index (χ0) is 53.6. The predicted octanol–water partition coefficient (Wildman–Crippen LogP) is 16.6. The summed E-state index contributed by atoms with van der Waals surface area (Å²) >= 11 is 0. The summed E-state index contributed by atoms with van der Waals surface area (Å²) in [5, 5.41) is 0. The molecule has 11 rings (SSSR count). The maximum absolute atomic E-state index is 5.12. The van der Waals surface area contributed by atoms with Crippen molar-refractivity contribution in [3.8, 4) is 89.4 Å². The smallest absolute Gasteiger partial charge is 0.133 e. The van der Waals surface area contributed by atoms with Gasteiger partial charge < -0.3 is 19.9 Å². The Morgan fingerprint density at radius 3 is 1.39 bits per heavy atom. The molecule has 79 heavy (non-hydrogen) atoms. The van der Waals surface area contributed by atoms with Crippen molar-refractivity contribution >= 4 is 0 Å². The van der Waals surface area contributed by atoms with Gasteiger partial charge in [0.1, 0.15) is 5.82 Å². The predicted molar refractivity (Wildman–Crippen MR) is 317 cm³/mol. The van der Waals surface area contributed by atoms with Crippen molar-refractivity contribution in [2.45, 2.75) is 78.1 Å². The van der Waals surface area contributed by atoms with Gasteiger partial charge in [-0.1, -0.05) is 199 Å². The number of hydrogen-bond acceptors (Lipinski definition) is 7. The second-order valence-electron chi connectivity index (χ2n) is 22.1. The standard InChI is InChI=1S/C71H61N7.Ir/c1-70(2,3)68-75-43-59(44-76-68)65-35-25-48(41-72-65)21-23-50-37-51(24-22-49-26-36-66(73-42-49)60-45-77-69(78-46-60)71(4,5)6)39-58(38-50)61-19-13-14-20-62(61)64-47-74-67(57-17-11-8-12-18-57)40-63(64)56-33-31-55(32-34-56)54-29-27-53(28-30-54)52-15-9-7-10-16-52;/h7-17,19-20,25-45,47H,21-24H2,1-6H3;/q-2;. The first-order chi connectivity index (χ1) is 37.9. The maximum Gasteiger partial charge on any atom is 0.133 e. The molecule has 0 amide bonds. The van der Waals surface area contributed by atoms with Gasteiger partial charge in [0.05, 0.1) is 5.69 Å². The van der Waals surface area contributed by atoms with Crippen LogP contribution in [0.5, 0.6) is 0 Å². The molecule has 0 aliphatic carbocycles. The molecule has 8 heteroatoms. The van der Waals surface area contributed by atoms with Crippen molar-refractivity contribution in [2.24, 2.45) is 0 Å². The Kier molecular flexibility index (Phi) is 16.2. The van der Waals surface area contributed by atoms with Gasteiger partial charge >= 0.3 is 0 Å². The number of nitrogens with zero attached hydrogens (tertiary/aromatic N) is 7. The molecule has 0 aliphatic rings. The fraction of sp³-hybridized carbons (Fsp3) is 0.169. The fourth-order valence-corrected chi connectivity index (χ4v) is 9.79. The van der Waals surface area contributed by atoms with E-state index in [1.54, 1.807) is 0 Å². The molecule has 6 aromatic carbocycles. The van der Waals surface area contributed by atoms with Crippen LogP contribution in [0.2, 0.25) is 0 Å². The fourth-order valence-electron chi connectivity index (χ4n) is 9.79. The van der Waals surface area contributed by atoms with Crippen LogP contribution >= 0.6 is 0 Å². The third-order valence-corrected chi connectivity index (χ3v) is 14.2. The summed E-state index contributed by atoms with van der Waals surface area (Å²) in [5.41, 5.74) is 21.2. The van der Waals surface area contributed by atoms with Gasteiger partial charge in [-0.3, -0.25) is 4.98 Å². The normalized spacial score (nSPS) is 11.5. The average molecular weight is 1200 g/mol. The number of hydrogen-bond donors (Lipinski definition) is 0. The van der Waals surface area contributed by atoms with Gasteiger partial charge in [0, 0.05) is 73.5 Å². The van der Waals surface area contributed by atoms with E-state index in [1.165, 1.54) is 33.4 Å². The summed E-state index contributed by atoms with van der Waals surface area (Å²) in [6, 6.07) is 66.4. The summed E-state index contributed by atoms with van der Waals surface area (Å²) in [7, 11) is 0. The molecule has 0 fully saturated rings. The first-order valence-corrected chi connectivity index (χ1v) is 26.8. The van der Waals surface area contributed by atoms with Gasteiger partial charge in [0.25, 0.3) is 0 Å². The van der Waals surface area contributed by atoms with Crippen LogP contribution in [0, 0.1) is 12.3 Å². The zero-order valence-electron chi connectivity index (χ0n) is 45.5. The Balaban J connectivity index is 0.00000704. The van der Waals surface area contributed by atoms with Crippen LogP contribution in [-0.4, -0.2) is 34.9 Å². The first kappa shape index (κ1) is 54.0. The Morgan fingerprint density at radius 1 is 0.329 bits per heavy atom. The van der Waals surface area contributed by atoms with E-state index in [9.17, 15) is 0 Å². The summed E-state index contributed by atoms with van der Waals surface area (Å²) in [6.07, 6.45) is 18.1. The van der Waals surface area contributed by atoms with Gasteiger partial charge in [-0.05, 0) is 127 Å². The molecule has 0 saturated heterocycles. The van der Waals surface area contributed by atoms with E-state index in [0.29, 0.717) is 0 Å².